The van der Waals surface area contributed by atoms with Crippen molar-refractivity contribution in [2.45, 2.75) is 6.92 Å². The minimum atomic E-state index is 0.181. The van der Waals surface area contributed by atoms with Crippen LogP contribution in [0.4, 0.5) is 0 Å². The van der Waals surface area contributed by atoms with Crippen LogP contribution in [-0.4, -0.2) is 25.2 Å². The summed E-state index contributed by atoms with van der Waals surface area (Å²) < 4.78 is 7.41. The zero-order valence-electron chi connectivity index (χ0n) is 13.0. The number of aryl methyl sites for hydroxylation is 1. The van der Waals surface area contributed by atoms with Crippen molar-refractivity contribution in [1.82, 2.24) is 25.2 Å². The first-order valence-electron chi connectivity index (χ1n) is 7.40. The maximum Gasteiger partial charge on any atom is 0.346 e. The number of rotatable bonds is 3. The second-order valence-corrected chi connectivity index (χ2v) is 6.14. The number of tetrazole rings is 1. The Bertz CT molecular complexity index is 1070. The Kier molecular flexibility index (Phi) is 3.99. The monoisotopic (exact) mass is 371 g/mol. The second kappa shape index (κ2) is 6.31. The molecule has 4 aromatic rings. The first kappa shape index (κ1) is 15.8. The number of hydrogen-bond acceptors (Lipinski definition) is 5. The van der Waals surface area contributed by atoms with Gasteiger partial charge < -0.3 is 4.74 Å². The Labute approximate surface area is 153 Å². The Morgan fingerprint density at radius 3 is 2.60 bits per heavy atom. The molecule has 2 aromatic heterocycles. The molecule has 0 N–H and O–H groups in total. The summed E-state index contributed by atoms with van der Waals surface area (Å²) in [6.45, 7) is 1.88. The van der Waals surface area contributed by atoms with Gasteiger partial charge >= 0.3 is 6.01 Å². The standard InChI is InChI=1S/C17H11Cl2N5O/c1-10-7-8-12-13(18)9-14(19)16(15(12)20-10)25-17-21-22-23-24(17)11-5-3-2-4-6-11/h2-9H,1H3. The highest BCUT2D eigenvalue weighted by atomic mass is 35.5. The van der Waals surface area contributed by atoms with Crippen LogP contribution in [0, 0.1) is 6.92 Å². The van der Waals surface area contributed by atoms with Gasteiger partial charge in [0.1, 0.15) is 5.52 Å². The molecule has 0 fully saturated rings. The minimum absolute atomic E-state index is 0.181. The van der Waals surface area contributed by atoms with Gasteiger partial charge in [-0.15, -0.1) is 0 Å². The van der Waals surface area contributed by atoms with E-state index in [9.17, 15) is 0 Å². The molecule has 2 heterocycles. The summed E-state index contributed by atoms with van der Waals surface area (Å²) in [6, 6.07) is 15.0. The molecule has 0 bridgehead atoms. The highest BCUT2D eigenvalue weighted by Gasteiger charge is 2.18. The molecule has 4 rings (SSSR count). The Balaban J connectivity index is 1.86. The highest BCUT2D eigenvalue weighted by molar-refractivity contribution is 6.39. The summed E-state index contributed by atoms with van der Waals surface area (Å²) in [5, 5.41) is 13.2. The van der Waals surface area contributed by atoms with Gasteiger partial charge in [0.2, 0.25) is 0 Å². The summed E-state index contributed by atoms with van der Waals surface area (Å²) in [5.74, 6) is 0.358. The number of nitrogens with zero attached hydrogens (tertiary/aromatic N) is 5. The topological polar surface area (TPSA) is 65.7 Å². The Morgan fingerprint density at radius 2 is 1.80 bits per heavy atom. The van der Waals surface area contributed by atoms with Crippen LogP contribution in [0.25, 0.3) is 16.6 Å². The number of para-hydroxylation sites is 1. The van der Waals surface area contributed by atoms with Gasteiger partial charge in [-0.05, 0) is 47.7 Å². The molecule has 0 spiro atoms. The van der Waals surface area contributed by atoms with E-state index in [0.29, 0.717) is 21.3 Å². The quantitative estimate of drug-likeness (QED) is 0.525. The number of pyridine rings is 1. The molecule has 0 saturated heterocycles. The average molecular weight is 372 g/mol. The van der Waals surface area contributed by atoms with E-state index < -0.39 is 0 Å². The van der Waals surface area contributed by atoms with E-state index >= 15 is 0 Å². The zero-order valence-corrected chi connectivity index (χ0v) is 14.5. The van der Waals surface area contributed by atoms with Crippen molar-refractivity contribution in [1.29, 1.82) is 0 Å². The molecule has 0 aliphatic carbocycles. The predicted octanol–water partition coefficient (Wildman–Crippen LogP) is 4.62. The Hall–Kier alpha value is -2.70. The summed E-state index contributed by atoms with van der Waals surface area (Å²) >= 11 is 12.6. The molecule has 0 amide bonds. The molecule has 124 valence electrons. The van der Waals surface area contributed by atoms with E-state index in [2.05, 4.69) is 20.5 Å². The summed E-state index contributed by atoms with van der Waals surface area (Å²) in [4.78, 5) is 4.51. The number of hydrogen-bond donors (Lipinski definition) is 0. The summed E-state index contributed by atoms with van der Waals surface area (Å²) in [7, 11) is 0. The van der Waals surface area contributed by atoms with Crippen molar-refractivity contribution in [3.8, 4) is 17.4 Å². The smallest absolute Gasteiger partial charge is 0.346 e. The molecule has 8 heteroatoms. The van der Waals surface area contributed by atoms with E-state index in [-0.39, 0.29) is 6.01 Å². The van der Waals surface area contributed by atoms with Gasteiger partial charge in [0.05, 0.1) is 15.7 Å². The first-order valence-corrected chi connectivity index (χ1v) is 8.16. The lowest BCUT2D eigenvalue weighted by Gasteiger charge is -2.11. The van der Waals surface area contributed by atoms with E-state index in [1.807, 2.05) is 49.4 Å². The minimum Gasteiger partial charge on any atom is -0.419 e. The van der Waals surface area contributed by atoms with Crippen LogP contribution in [0.15, 0.2) is 48.5 Å². The third-order valence-corrected chi connectivity index (χ3v) is 4.21. The van der Waals surface area contributed by atoms with Gasteiger partial charge in [-0.1, -0.05) is 46.5 Å². The zero-order chi connectivity index (χ0) is 17.4. The third-order valence-electron chi connectivity index (χ3n) is 3.61. The molecule has 0 aliphatic rings. The van der Waals surface area contributed by atoms with Gasteiger partial charge in [0, 0.05) is 11.1 Å². The van der Waals surface area contributed by atoms with Crippen LogP contribution >= 0.6 is 23.2 Å². The number of benzene rings is 2. The van der Waals surface area contributed by atoms with Crippen LogP contribution in [0.2, 0.25) is 10.0 Å². The van der Waals surface area contributed by atoms with Crippen molar-refractivity contribution in [2.24, 2.45) is 0 Å². The molecule has 0 aliphatic heterocycles. The molecular formula is C17H11Cl2N5O. The first-order chi connectivity index (χ1) is 12.1. The van der Waals surface area contributed by atoms with Crippen LogP contribution in [0.1, 0.15) is 5.69 Å². The fraction of sp³-hybridized carbons (Fsp3) is 0.0588. The number of halogens is 2. The van der Waals surface area contributed by atoms with Gasteiger partial charge in [0.15, 0.2) is 5.75 Å². The molecule has 0 saturated carbocycles. The van der Waals surface area contributed by atoms with Crippen molar-refractivity contribution in [2.75, 3.05) is 0 Å². The number of ether oxygens (including phenoxy) is 1. The highest BCUT2D eigenvalue weighted by Crippen LogP contribution is 2.39. The summed E-state index contributed by atoms with van der Waals surface area (Å²) in [5.41, 5.74) is 2.14. The van der Waals surface area contributed by atoms with E-state index in [1.165, 1.54) is 4.68 Å². The lowest BCUT2D eigenvalue weighted by atomic mass is 10.2. The van der Waals surface area contributed by atoms with Gasteiger partial charge in [-0.25, -0.2) is 4.98 Å². The maximum atomic E-state index is 6.35. The van der Waals surface area contributed by atoms with Crippen LogP contribution in [0.3, 0.4) is 0 Å². The van der Waals surface area contributed by atoms with E-state index in [4.69, 9.17) is 27.9 Å². The fourth-order valence-corrected chi connectivity index (χ4v) is 3.01. The van der Waals surface area contributed by atoms with Gasteiger partial charge in [-0.3, -0.25) is 0 Å². The lowest BCUT2D eigenvalue weighted by Crippen LogP contribution is -2.01. The second-order valence-electron chi connectivity index (χ2n) is 5.33. The van der Waals surface area contributed by atoms with Gasteiger partial charge in [0.25, 0.3) is 0 Å². The van der Waals surface area contributed by atoms with Crippen molar-refractivity contribution in [3.05, 3.63) is 64.3 Å². The van der Waals surface area contributed by atoms with Crippen LogP contribution in [0.5, 0.6) is 11.8 Å². The molecular weight excluding hydrogens is 361 g/mol. The SMILES string of the molecule is Cc1ccc2c(Cl)cc(Cl)c(Oc3nnnn3-c3ccccc3)c2n1. The molecule has 0 unspecified atom stereocenters. The molecule has 6 nitrogen and oxygen atoms in total. The van der Waals surface area contributed by atoms with Crippen molar-refractivity contribution in [3.63, 3.8) is 0 Å². The molecule has 0 atom stereocenters. The number of fused-ring (bicyclic) bond motifs is 1. The molecule has 2 aromatic carbocycles. The average Bonchev–Trinajstić information content (AvgIpc) is 3.07. The van der Waals surface area contributed by atoms with Crippen molar-refractivity contribution < 1.29 is 4.74 Å². The summed E-state index contributed by atoms with van der Waals surface area (Å²) in [6.07, 6.45) is 0. The van der Waals surface area contributed by atoms with Crippen LogP contribution < -0.4 is 4.74 Å². The van der Waals surface area contributed by atoms with Crippen molar-refractivity contribution >= 4 is 34.1 Å². The lowest BCUT2D eigenvalue weighted by molar-refractivity contribution is 0.431. The number of aromatic nitrogens is 5. The van der Waals surface area contributed by atoms with E-state index in [1.54, 1.807) is 6.07 Å². The maximum absolute atomic E-state index is 6.35. The van der Waals surface area contributed by atoms with Crippen LogP contribution in [-0.2, 0) is 0 Å². The van der Waals surface area contributed by atoms with E-state index in [0.717, 1.165) is 16.8 Å². The molecule has 0 radical (unpaired) electrons. The van der Waals surface area contributed by atoms with Gasteiger partial charge in [-0.2, -0.15) is 4.68 Å². The normalized spacial score (nSPS) is 11.0. The predicted molar refractivity (Wildman–Crippen MR) is 95.7 cm³/mol. The fourth-order valence-electron chi connectivity index (χ4n) is 2.45. The largest absolute Gasteiger partial charge is 0.419 e. The Morgan fingerprint density at radius 1 is 1.00 bits per heavy atom. The third kappa shape index (κ3) is 2.90. The molecule has 25 heavy (non-hydrogen) atoms.